The molecule has 31 heavy (non-hydrogen) atoms. The molecule has 4 rings (SSSR count). The second-order valence-electron chi connectivity index (χ2n) is 8.08. The van der Waals surface area contributed by atoms with Gasteiger partial charge in [-0.3, -0.25) is 9.36 Å². The molecule has 2 aromatic carbocycles. The van der Waals surface area contributed by atoms with Crippen LogP contribution in [0.5, 0.6) is 5.75 Å². The predicted octanol–water partition coefficient (Wildman–Crippen LogP) is 3.26. The minimum atomic E-state index is -0.855. The molecule has 0 unspecified atom stereocenters. The topological polar surface area (TPSA) is 82.2 Å². The summed E-state index contributed by atoms with van der Waals surface area (Å²) in [5.41, 5.74) is 5.49. The molecule has 2 aromatic heterocycles. The molecule has 4 aromatic rings. The summed E-state index contributed by atoms with van der Waals surface area (Å²) in [7, 11) is 0. The first-order chi connectivity index (χ1) is 14.8. The van der Waals surface area contributed by atoms with Crippen LogP contribution in [0.2, 0.25) is 0 Å². The van der Waals surface area contributed by atoms with Crippen LogP contribution >= 0.6 is 0 Å². The summed E-state index contributed by atoms with van der Waals surface area (Å²) < 4.78 is 8.80. The number of fused-ring (bicyclic) bond motifs is 1. The van der Waals surface area contributed by atoms with Crippen molar-refractivity contribution in [2.75, 3.05) is 6.61 Å². The molecule has 0 aliphatic carbocycles. The Morgan fingerprint density at radius 3 is 2.48 bits per heavy atom. The molecule has 0 amide bonds. The number of aromatic nitrogens is 4. The molecule has 7 nitrogen and oxygen atoms in total. The number of hydrogen-bond acceptors (Lipinski definition) is 5. The van der Waals surface area contributed by atoms with Gasteiger partial charge in [0, 0.05) is 0 Å². The number of ether oxygens (including phenoxy) is 1. The molecule has 1 atom stereocenters. The van der Waals surface area contributed by atoms with Crippen LogP contribution in [-0.2, 0) is 6.54 Å². The highest BCUT2D eigenvalue weighted by molar-refractivity contribution is 5.75. The Morgan fingerprint density at radius 1 is 1.03 bits per heavy atom. The van der Waals surface area contributed by atoms with Gasteiger partial charge in [-0.1, -0.05) is 23.8 Å². The Hall–Kier alpha value is -3.45. The Kier molecular flexibility index (Phi) is 5.61. The average Bonchev–Trinajstić information content (AvgIpc) is 3.14. The maximum Gasteiger partial charge on any atom is 0.264 e. The smallest absolute Gasteiger partial charge is 0.264 e. The average molecular weight is 418 g/mol. The minimum Gasteiger partial charge on any atom is -0.491 e. The van der Waals surface area contributed by atoms with E-state index in [4.69, 9.17) is 4.74 Å². The van der Waals surface area contributed by atoms with Crippen LogP contribution < -0.4 is 10.3 Å². The van der Waals surface area contributed by atoms with Gasteiger partial charge in [-0.05, 0) is 62.6 Å². The molecule has 0 saturated carbocycles. The lowest BCUT2D eigenvalue weighted by Crippen LogP contribution is -2.30. The van der Waals surface area contributed by atoms with Crippen LogP contribution in [0.3, 0.4) is 0 Å². The highest BCUT2D eigenvalue weighted by Gasteiger charge is 2.15. The van der Waals surface area contributed by atoms with E-state index >= 15 is 0 Å². The van der Waals surface area contributed by atoms with Crippen LogP contribution in [0, 0.1) is 27.7 Å². The molecular formula is C24H26N4O3. The van der Waals surface area contributed by atoms with Crippen molar-refractivity contribution in [2.24, 2.45) is 0 Å². The van der Waals surface area contributed by atoms with Crippen molar-refractivity contribution in [3.63, 3.8) is 0 Å². The van der Waals surface area contributed by atoms with Crippen molar-refractivity contribution in [1.82, 2.24) is 19.3 Å². The fraction of sp³-hybridized carbons (Fsp3) is 0.292. The zero-order valence-corrected chi connectivity index (χ0v) is 18.2. The number of aryl methyl sites for hydroxylation is 4. The Balaban J connectivity index is 1.54. The Bertz CT molecular complexity index is 1290. The monoisotopic (exact) mass is 418 g/mol. The van der Waals surface area contributed by atoms with Gasteiger partial charge in [-0.15, -0.1) is 0 Å². The molecule has 0 spiro atoms. The van der Waals surface area contributed by atoms with Crippen LogP contribution in [0.4, 0.5) is 0 Å². The summed E-state index contributed by atoms with van der Waals surface area (Å²) in [5.74, 6) is 0.722. The van der Waals surface area contributed by atoms with Gasteiger partial charge in [-0.25, -0.2) is 9.67 Å². The summed E-state index contributed by atoms with van der Waals surface area (Å²) in [5, 5.41) is 15.2. The number of nitrogens with zero attached hydrogens (tertiary/aromatic N) is 4. The fourth-order valence-corrected chi connectivity index (χ4v) is 3.77. The van der Waals surface area contributed by atoms with E-state index in [2.05, 4.69) is 16.1 Å². The van der Waals surface area contributed by atoms with E-state index in [-0.39, 0.29) is 18.7 Å². The number of rotatable bonds is 6. The van der Waals surface area contributed by atoms with E-state index in [1.165, 1.54) is 17.1 Å². The molecule has 0 fully saturated rings. The number of hydrogen-bond donors (Lipinski definition) is 1. The molecule has 0 bridgehead atoms. The lowest BCUT2D eigenvalue weighted by Gasteiger charge is -2.15. The van der Waals surface area contributed by atoms with E-state index in [0.29, 0.717) is 11.0 Å². The largest absolute Gasteiger partial charge is 0.491 e. The van der Waals surface area contributed by atoms with Gasteiger partial charge in [0.1, 0.15) is 30.2 Å². The van der Waals surface area contributed by atoms with Crippen LogP contribution in [0.1, 0.15) is 22.3 Å². The maximum atomic E-state index is 12.9. The van der Waals surface area contributed by atoms with Crippen LogP contribution in [-0.4, -0.2) is 37.1 Å². The van der Waals surface area contributed by atoms with Crippen molar-refractivity contribution < 1.29 is 9.84 Å². The van der Waals surface area contributed by atoms with Gasteiger partial charge in [0.15, 0.2) is 5.65 Å². The number of aliphatic hydroxyl groups is 1. The second kappa shape index (κ2) is 8.35. The molecule has 1 N–H and O–H groups in total. The molecule has 0 aliphatic heterocycles. The summed E-state index contributed by atoms with van der Waals surface area (Å²) >= 11 is 0. The lowest BCUT2D eigenvalue weighted by atomic mass is 10.1. The first-order valence-corrected chi connectivity index (χ1v) is 10.2. The molecular weight excluding hydrogens is 392 g/mol. The first-order valence-electron chi connectivity index (χ1n) is 10.2. The predicted molar refractivity (Wildman–Crippen MR) is 120 cm³/mol. The molecule has 0 aliphatic rings. The lowest BCUT2D eigenvalue weighted by molar-refractivity contribution is 0.0911. The van der Waals surface area contributed by atoms with Crippen molar-refractivity contribution in [1.29, 1.82) is 0 Å². The Labute approximate surface area is 180 Å². The maximum absolute atomic E-state index is 12.9. The van der Waals surface area contributed by atoms with Gasteiger partial charge in [0.2, 0.25) is 0 Å². The SMILES string of the molecule is Cc1cc(C)cc(-n2ncc3c(=O)n(C[C@@H](O)COc4ccc(C)cc4C)cnc32)c1. The Morgan fingerprint density at radius 2 is 1.77 bits per heavy atom. The van der Waals surface area contributed by atoms with Gasteiger partial charge >= 0.3 is 0 Å². The summed E-state index contributed by atoms with van der Waals surface area (Å²) in [6, 6.07) is 12.0. The van der Waals surface area contributed by atoms with Gasteiger partial charge in [0.25, 0.3) is 5.56 Å². The molecule has 160 valence electrons. The number of aliphatic hydroxyl groups excluding tert-OH is 1. The van der Waals surface area contributed by atoms with E-state index in [1.54, 1.807) is 4.68 Å². The van der Waals surface area contributed by atoms with Gasteiger partial charge in [-0.2, -0.15) is 5.10 Å². The van der Waals surface area contributed by atoms with Crippen molar-refractivity contribution in [3.8, 4) is 11.4 Å². The van der Waals surface area contributed by atoms with E-state index in [0.717, 1.165) is 33.7 Å². The van der Waals surface area contributed by atoms with E-state index in [9.17, 15) is 9.90 Å². The normalized spacial score (nSPS) is 12.3. The third kappa shape index (κ3) is 4.36. The second-order valence-corrected chi connectivity index (χ2v) is 8.08. The summed E-state index contributed by atoms with van der Waals surface area (Å²) in [6.45, 7) is 8.18. The molecule has 2 heterocycles. The number of benzene rings is 2. The minimum absolute atomic E-state index is 0.0796. The zero-order chi connectivity index (χ0) is 22.1. The third-order valence-electron chi connectivity index (χ3n) is 5.17. The molecule has 0 radical (unpaired) electrons. The van der Waals surface area contributed by atoms with Gasteiger partial charge < -0.3 is 9.84 Å². The molecule has 7 heteroatoms. The van der Waals surface area contributed by atoms with Crippen molar-refractivity contribution in [2.45, 2.75) is 40.3 Å². The summed E-state index contributed by atoms with van der Waals surface area (Å²) in [6.07, 6.45) is 2.12. The van der Waals surface area contributed by atoms with E-state index in [1.807, 2.05) is 58.0 Å². The van der Waals surface area contributed by atoms with Crippen molar-refractivity contribution >= 4 is 11.0 Å². The zero-order valence-electron chi connectivity index (χ0n) is 18.2. The van der Waals surface area contributed by atoms with Crippen LogP contribution in [0.15, 0.2) is 53.7 Å². The first kappa shape index (κ1) is 20.8. The highest BCUT2D eigenvalue weighted by Crippen LogP contribution is 2.19. The molecule has 0 saturated heterocycles. The standard InChI is InChI=1S/C24H26N4O3/c1-15-5-6-22(18(4)8-15)31-13-20(29)12-27-14-25-23-21(24(27)30)11-26-28(23)19-9-16(2)7-17(3)10-19/h5-11,14,20,29H,12-13H2,1-4H3/t20-/m1/s1. The third-order valence-corrected chi connectivity index (χ3v) is 5.17. The van der Waals surface area contributed by atoms with E-state index < -0.39 is 6.10 Å². The highest BCUT2D eigenvalue weighted by atomic mass is 16.5. The van der Waals surface area contributed by atoms with Crippen molar-refractivity contribution in [3.05, 3.63) is 81.5 Å². The fourth-order valence-electron chi connectivity index (χ4n) is 3.77. The quantitative estimate of drug-likeness (QED) is 0.520. The van der Waals surface area contributed by atoms with Gasteiger partial charge in [0.05, 0.1) is 18.4 Å². The van der Waals surface area contributed by atoms with Crippen LogP contribution in [0.25, 0.3) is 16.7 Å². The summed E-state index contributed by atoms with van der Waals surface area (Å²) in [4.78, 5) is 17.4.